The van der Waals surface area contributed by atoms with E-state index in [2.05, 4.69) is 0 Å². The van der Waals surface area contributed by atoms with Crippen molar-refractivity contribution in [1.29, 1.82) is 0 Å². The van der Waals surface area contributed by atoms with Crippen molar-refractivity contribution in [3.8, 4) is 5.75 Å². The van der Waals surface area contributed by atoms with Gasteiger partial charge in [0.25, 0.3) is 5.91 Å². The number of amides is 1. The molecule has 4 heterocycles. The van der Waals surface area contributed by atoms with Gasteiger partial charge in [-0.2, -0.15) is 0 Å². The van der Waals surface area contributed by atoms with Gasteiger partial charge in [-0.05, 0) is 23.3 Å². The minimum Gasteiger partial charge on any atom is -0.502 e. The lowest BCUT2D eigenvalue weighted by atomic mass is 9.93. The molecule has 1 N–H and O–H groups in total. The molecule has 6 rings (SSSR count). The van der Waals surface area contributed by atoms with Gasteiger partial charge in [0.05, 0.1) is 14.6 Å². The maximum atomic E-state index is 13.5. The fourth-order valence-electron chi connectivity index (χ4n) is 4.55. The summed E-state index contributed by atoms with van der Waals surface area (Å²) in [5.41, 5.74) is -2.04. The summed E-state index contributed by atoms with van der Waals surface area (Å²) in [6, 6.07) is 11.1. The SMILES string of the molecule is [2H]C1([2H])Sc2ccccc2[C@]([2H])(N2[C@@H]3COCCN3C(=O)c3c(O)c(=O)ccn32)c2c(Cl)cccc21. The number of hydrogen-bond acceptors (Lipinski definition) is 6. The number of fused-ring (bicyclic) bond motifs is 4. The number of rotatable bonds is 1. The smallest absolute Gasteiger partial charge is 0.278 e. The number of morpholine rings is 1. The summed E-state index contributed by atoms with van der Waals surface area (Å²) in [6.45, 7) is 0.497. The quantitative estimate of drug-likeness (QED) is 0.571. The molecule has 0 spiro atoms. The van der Waals surface area contributed by atoms with Gasteiger partial charge in [-0.3, -0.25) is 19.3 Å². The van der Waals surface area contributed by atoms with Gasteiger partial charge in [-0.15, -0.1) is 11.8 Å². The molecule has 3 aliphatic rings. The van der Waals surface area contributed by atoms with Crippen molar-refractivity contribution < 1.29 is 18.8 Å². The molecule has 7 nitrogen and oxygen atoms in total. The molecule has 1 fully saturated rings. The van der Waals surface area contributed by atoms with E-state index in [4.69, 9.17) is 19.1 Å². The summed E-state index contributed by atoms with van der Waals surface area (Å²) in [6.07, 6.45) is 0.549. The van der Waals surface area contributed by atoms with Crippen molar-refractivity contribution in [2.24, 2.45) is 0 Å². The number of hydrogen-bond donors (Lipinski definition) is 1. The van der Waals surface area contributed by atoms with E-state index in [-0.39, 0.29) is 41.6 Å². The summed E-state index contributed by atoms with van der Waals surface area (Å²) in [5, 5.41) is 12.4. The molecule has 2 atom stereocenters. The first kappa shape index (κ1) is 17.5. The number of carbonyl (C=O) groups is 1. The second-order valence-electron chi connectivity index (χ2n) is 7.83. The second-order valence-corrected chi connectivity index (χ2v) is 9.09. The van der Waals surface area contributed by atoms with Crippen LogP contribution in [0.5, 0.6) is 5.75 Å². The van der Waals surface area contributed by atoms with E-state index < -0.39 is 35.0 Å². The van der Waals surface area contributed by atoms with Crippen LogP contribution in [0.2, 0.25) is 5.02 Å². The Kier molecular flexibility index (Phi) is 4.16. The summed E-state index contributed by atoms with van der Waals surface area (Å²) in [7, 11) is 0. The van der Waals surface area contributed by atoms with E-state index in [9.17, 15) is 16.1 Å². The van der Waals surface area contributed by atoms with Gasteiger partial charge in [0.15, 0.2) is 11.4 Å². The average Bonchev–Trinajstić information content (AvgIpc) is 2.93. The van der Waals surface area contributed by atoms with Crippen molar-refractivity contribution in [3.63, 3.8) is 0 Å². The highest BCUT2D eigenvalue weighted by molar-refractivity contribution is 7.98. The lowest BCUT2D eigenvalue weighted by molar-refractivity contribution is -0.0197. The lowest BCUT2D eigenvalue weighted by Gasteiger charge is -2.51. The summed E-state index contributed by atoms with van der Waals surface area (Å²) in [5.74, 6) is -1.27. The molecule has 1 aromatic heterocycles. The second kappa shape index (κ2) is 7.83. The topological polar surface area (TPSA) is 75.0 Å². The lowest BCUT2D eigenvalue weighted by Crippen LogP contribution is -2.66. The van der Waals surface area contributed by atoms with E-state index in [1.807, 2.05) is 0 Å². The highest BCUT2D eigenvalue weighted by Gasteiger charge is 2.46. The number of thioether (sulfide) groups is 1. The zero-order chi connectivity index (χ0) is 25.4. The predicted octanol–water partition coefficient (Wildman–Crippen LogP) is 3.35. The third-order valence-electron chi connectivity index (χ3n) is 6.03. The van der Waals surface area contributed by atoms with Gasteiger partial charge in [0, 0.05) is 42.7 Å². The molecular formula is C24H20ClN3O4S. The van der Waals surface area contributed by atoms with Crippen LogP contribution >= 0.6 is 23.4 Å². The normalized spacial score (nSPS) is 26.6. The number of benzene rings is 2. The molecule has 2 aromatic carbocycles. The summed E-state index contributed by atoms with van der Waals surface area (Å²) in [4.78, 5) is 27.8. The Morgan fingerprint density at radius 2 is 2.03 bits per heavy atom. The van der Waals surface area contributed by atoms with Gasteiger partial charge in [0.2, 0.25) is 5.43 Å². The van der Waals surface area contributed by atoms with Crippen molar-refractivity contribution in [2.75, 3.05) is 24.8 Å². The largest absolute Gasteiger partial charge is 0.502 e. The molecule has 0 aliphatic carbocycles. The van der Waals surface area contributed by atoms with Gasteiger partial charge in [-0.25, -0.2) is 0 Å². The van der Waals surface area contributed by atoms with E-state index in [0.717, 1.165) is 17.8 Å². The number of carbonyl (C=O) groups excluding carboxylic acids is 1. The first-order valence-electron chi connectivity index (χ1n) is 11.9. The third kappa shape index (κ3) is 3.08. The summed E-state index contributed by atoms with van der Waals surface area (Å²) < 4.78 is 35.0. The van der Waals surface area contributed by atoms with Crippen molar-refractivity contribution >= 4 is 29.3 Å². The van der Waals surface area contributed by atoms with Gasteiger partial charge >= 0.3 is 0 Å². The van der Waals surface area contributed by atoms with E-state index in [1.54, 1.807) is 47.5 Å². The van der Waals surface area contributed by atoms with Crippen LogP contribution < -0.4 is 10.4 Å². The van der Waals surface area contributed by atoms with E-state index >= 15 is 0 Å². The fraction of sp³-hybridized carbons (Fsp3) is 0.250. The molecule has 33 heavy (non-hydrogen) atoms. The van der Waals surface area contributed by atoms with Crippen LogP contribution in [0.1, 0.15) is 37.3 Å². The van der Waals surface area contributed by atoms with Crippen LogP contribution in [0.4, 0.5) is 0 Å². The van der Waals surface area contributed by atoms with Crippen LogP contribution in [0.15, 0.2) is 64.4 Å². The molecular weight excluding hydrogens is 462 g/mol. The monoisotopic (exact) mass is 484 g/mol. The molecule has 3 aromatic rings. The minimum absolute atomic E-state index is 0.0562. The Bertz CT molecular complexity index is 1490. The van der Waals surface area contributed by atoms with Crippen LogP contribution in [0.25, 0.3) is 0 Å². The number of pyridine rings is 1. The van der Waals surface area contributed by atoms with Crippen LogP contribution in [-0.4, -0.2) is 46.5 Å². The van der Waals surface area contributed by atoms with Crippen LogP contribution in [-0.2, 0) is 10.4 Å². The van der Waals surface area contributed by atoms with E-state index in [0.29, 0.717) is 10.5 Å². The zero-order valence-corrected chi connectivity index (χ0v) is 18.8. The molecule has 1 amide bonds. The molecule has 3 aliphatic heterocycles. The Hall–Kier alpha value is -2.94. The zero-order valence-electron chi connectivity index (χ0n) is 20.2. The number of ether oxygens (including phenoxy) is 1. The Labute approximate surface area is 203 Å². The molecule has 168 valence electrons. The van der Waals surface area contributed by atoms with Crippen molar-refractivity contribution in [3.05, 3.63) is 92.4 Å². The Morgan fingerprint density at radius 3 is 2.91 bits per heavy atom. The minimum atomic E-state index is -1.93. The van der Waals surface area contributed by atoms with Gasteiger partial charge in [0.1, 0.15) is 12.2 Å². The van der Waals surface area contributed by atoms with Crippen molar-refractivity contribution in [1.82, 2.24) is 9.58 Å². The Balaban J connectivity index is 1.76. The van der Waals surface area contributed by atoms with Crippen LogP contribution in [0.3, 0.4) is 0 Å². The van der Waals surface area contributed by atoms with E-state index in [1.165, 1.54) is 15.8 Å². The first-order valence-corrected chi connectivity index (χ1v) is 11.6. The average molecular weight is 485 g/mol. The third-order valence-corrected chi connectivity index (χ3v) is 7.24. The molecule has 1 saturated heterocycles. The Morgan fingerprint density at radius 1 is 1.18 bits per heavy atom. The van der Waals surface area contributed by atoms with Crippen molar-refractivity contribution in [2.45, 2.75) is 22.8 Å². The van der Waals surface area contributed by atoms with Gasteiger partial charge < -0.3 is 14.7 Å². The highest BCUT2D eigenvalue weighted by atomic mass is 35.5. The maximum Gasteiger partial charge on any atom is 0.278 e. The first-order chi connectivity index (χ1) is 17.2. The molecule has 0 saturated carbocycles. The molecule has 9 heteroatoms. The fourth-order valence-corrected chi connectivity index (χ4v) is 5.62. The van der Waals surface area contributed by atoms with Gasteiger partial charge in [-0.1, -0.05) is 41.9 Å². The molecule has 0 unspecified atom stereocenters. The standard InChI is InChI=1S/C24H20ClN3O4S/c25-16-6-3-4-14-13-33-18-7-2-1-5-15(18)21(20(14)16)28-19-12-32-11-10-26(19)24(31)22-23(30)17(29)8-9-27(22)28/h1-9,19,21,30H,10-13H2/t19-,21+/m1/s1/i13D2,21D. The highest BCUT2D eigenvalue weighted by Crippen LogP contribution is 2.46. The molecule has 0 radical (unpaired) electrons. The van der Waals surface area contributed by atoms with Crippen LogP contribution in [0, 0.1) is 0 Å². The number of halogens is 1. The number of aromatic nitrogens is 1. The predicted molar refractivity (Wildman–Crippen MR) is 126 cm³/mol. The maximum absolute atomic E-state index is 13.5. The number of aromatic hydroxyl groups is 1. The molecule has 0 bridgehead atoms. The number of nitrogens with zero attached hydrogens (tertiary/aromatic N) is 3. The summed E-state index contributed by atoms with van der Waals surface area (Å²) >= 11 is 7.73.